The number of hydrogen-bond donors (Lipinski definition) is 0. The number of ether oxygens (including phenoxy) is 1. The Morgan fingerprint density at radius 3 is 2.59 bits per heavy atom. The van der Waals surface area contributed by atoms with E-state index in [0.29, 0.717) is 17.0 Å². The number of nitrogens with zero attached hydrogens (tertiary/aromatic N) is 1. The average molecular weight is 434 g/mol. The molecule has 8 heteroatoms. The smallest absolute Gasteiger partial charge is 0.354 e. The zero-order valence-corrected chi connectivity index (χ0v) is 17.6. The Labute approximate surface area is 177 Å². The number of rotatable bonds is 8. The fraction of sp³-hybridized carbons (Fsp3) is 0.333. The number of hydrogen-bond acceptors (Lipinski definition) is 7. The molecule has 0 radical (unpaired) electrons. The monoisotopic (exact) mass is 433 g/mol. The van der Waals surface area contributed by atoms with Crippen LogP contribution in [0.15, 0.2) is 39.5 Å². The van der Waals surface area contributed by atoms with Crippen LogP contribution in [0.2, 0.25) is 5.02 Å². The number of thioether (sulfide) groups is 1. The van der Waals surface area contributed by atoms with Gasteiger partial charge < -0.3 is 9.15 Å². The number of halogens is 1. The summed E-state index contributed by atoms with van der Waals surface area (Å²) < 4.78 is 10.4. The van der Waals surface area contributed by atoms with Gasteiger partial charge in [0, 0.05) is 17.0 Å². The predicted molar refractivity (Wildman–Crippen MR) is 112 cm³/mol. The molecular weight excluding hydrogens is 414 g/mol. The molecule has 1 heterocycles. The summed E-state index contributed by atoms with van der Waals surface area (Å²) in [6.45, 7) is 1.84. The van der Waals surface area contributed by atoms with E-state index in [0.717, 1.165) is 11.8 Å². The summed E-state index contributed by atoms with van der Waals surface area (Å²) in [6.07, 6.45) is 2.66. The number of carbonyl (C=O) groups excluding carboxylic acids is 2. The zero-order chi connectivity index (χ0) is 21.4. The van der Waals surface area contributed by atoms with Crippen molar-refractivity contribution >= 4 is 34.4 Å². The van der Waals surface area contributed by atoms with Crippen molar-refractivity contribution in [1.29, 1.82) is 5.26 Å². The molecule has 0 aliphatic rings. The molecule has 1 aromatic heterocycles. The molecule has 152 valence electrons. The maximum Gasteiger partial charge on any atom is 0.354 e. The third-order valence-electron chi connectivity index (χ3n) is 4.27. The van der Waals surface area contributed by atoms with Gasteiger partial charge in [-0.1, -0.05) is 23.4 Å². The van der Waals surface area contributed by atoms with Crippen LogP contribution < -0.4 is 5.63 Å². The van der Waals surface area contributed by atoms with E-state index in [4.69, 9.17) is 20.8 Å². The predicted octanol–water partition coefficient (Wildman–Crippen LogP) is 4.54. The Hall–Kier alpha value is -2.56. The van der Waals surface area contributed by atoms with Crippen LogP contribution in [0, 0.1) is 11.3 Å². The van der Waals surface area contributed by atoms with Crippen molar-refractivity contribution in [1.82, 2.24) is 0 Å². The topological polar surface area (TPSA) is 97.4 Å². The normalized spacial score (nSPS) is 11.5. The van der Waals surface area contributed by atoms with Crippen LogP contribution in [-0.2, 0) is 14.3 Å². The van der Waals surface area contributed by atoms with Gasteiger partial charge in [-0.25, -0.2) is 4.79 Å². The Morgan fingerprint density at radius 2 is 2.00 bits per heavy atom. The molecule has 0 N–H and O–H groups in total. The second-order valence-corrected chi connectivity index (χ2v) is 7.42. The molecule has 0 saturated heterocycles. The standard InChI is InChI=1S/C21H20ClNO5S/c1-3-27-20(25)15(5-4-6-19(24)29-2)16-11-18(28-21(26)17(16)12-23)13-7-9-14(22)10-8-13/h7-11,15H,3-6H2,1-2H3. The molecule has 0 aliphatic carbocycles. The van der Waals surface area contributed by atoms with E-state index >= 15 is 0 Å². The van der Waals surface area contributed by atoms with Gasteiger partial charge in [-0.3, -0.25) is 9.59 Å². The Balaban J connectivity index is 2.50. The quantitative estimate of drug-likeness (QED) is 0.563. The fourth-order valence-corrected chi connectivity index (χ4v) is 3.32. The summed E-state index contributed by atoms with van der Waals surface area (Å²) in [5.41, 5.74) is -0.248. The average Bonchev–Trinajstić information content (AvgIpc) is 2.71. The molecule has 2 aromatic rings. The van der Waals surface area contributed by atoms with E-state index < -0.39 is 17.5 Å². The van der Waals surface area contributed by atoms with E-state index in [1.807, 2.05) is 6.07 Å². The van der Waals surface area contributed by atoms with E-state index in [1.54, 1.807) is 37.4 Å². The minimum absolute atomic E-state index is 0.00236. The van der Waals surface area contributed by atoms with Crippen LogP contribution in [0.3, 0.4) is 0 Å². The number of carbonyl (C=O) groups is 2. The first-order valence-corrected chi connectivity index (χ1v) is 10.6. The highest BCUT2D eigenvalue weighted by atomic mass is 35.5. The second kappa shape index (κ2) is 10.8. The maximum atomic E-state index is 12.6. The van der Waals surface area contributed by atoms with E-state index in [-0.39, 0.29) is 41.5 Å². The van der Waals surface area contributed by atoms with Crippen molar-refractivity contribution in [2.75, 3.05) is 12.9 Å². The van der Waals surface area contributed by atoms with Crippen LogP contribution in [0.25, 0.3) is 11.3 Å². The highest BCUT2D eigenvalue weighted by molar-refractivity contribution is 8.13. The molecule has 0 bridgehead atoms. The highest BCUT2D eigenvalue weighted by Crippen LogP contribution is 2.30. The van der Waals surface area contributed by atoms with Gasteiger partial charge in [0.25, 0.3) is 0 Å². The molecule has 29 heavy (non-hydrogen) atoms. The van der Waals surface area contributed by atoms with Gasteiger partial charge in [-0.2, -0.15) is 5.26 Å². The molecule has 0 spiro atoms. The number of esters is 1. The molecule has 6 nitrogen and oxygen atoms in total. The van der Waals surface area contributed by atoms with Crippen LogP contribution in [0.4, 0.5) is 0 Å². The summed E-state index contributed by atoms with van der Waals surface area (Å²) in [7, 11) is 0. The first kappa shape index (κ1) is 22.7. The van der Waals surface area contributed by atoms with Crippen molar-refractivity contribution in [3.63, 3.8) is 0 Å². The Bertz CT molecular complexity index is 978. The summed E-state index contributed by atoms with van der Waals surface area (Å²) in [5.74, 6) is -1.18. The van der Waals surface area contributed by atoms with E-state index in [2.05, 4.69) is 0 Å². The molecule has 1 unspecified atom stereocenters. The first-order chi connectivity index (χ1) is 13.9. The van der Waals surface area contributed by atoms with Crippen LogP contribution in [0.1, 0.15) is 43.2 Å². The molecule has 0 fully saturated rings. The summed E-state index contributed by atoms with van der Waals surface area (Å²) >= 11 is 7.02. The van der Waals surface area contributed by atoms with Gasteiger partial charge in [0.05, 0.1) is 12.5 Å². The van der Waals surface area contributed by atoms with Gasteiger partial charge >= 0.3 is 11.6 Å². The molecule has 1 aromatic carbocycles. The lowest BCUT2D eigenvalue weighted by Crippen LogP contribution is -2.21. The molecule has 2 rings (SSSR count). The number of nitriles is 1. The third-order valence-corrected chi connectivity index (χ3v) is 5.18. The van der Waals surface area contributed by atoms with Gasteiger partial charge in [-0.15, -0.1) is 0 Å². The van der Waals surface area contributed by atoms with Gasteiger partial charge in [0.1, 0.15) is 17.4 Å². The molecule has 0 saturated carbocycles. The third kappa shape index (κ3) is 5.96. The molecular formula is C21H20ClNO5S. The molecule has 1 atom stereocenters. The first-order valence-electron chi connectivity index (χ1n) is 8.98. The fourth-order valence-electron chi connectivity index (χ4n) is 2.85. The highest BCUT2D eigenvalue weighted by Gasteiger charge is 2.28. The summed E-state index contributed by atoms with van der Waals surface area (Å²) in [5, 5.41) is 10.00. The van der Waals surface area contributed by atoms with Crippen LogP contribution in [-0.4, -0.2) is 23.9 Å². The lowest BCUT2D eigenvalue weighted by molar-refractivity contribution is -0.145. The van der Waals surface area contributed by atoms with Crippen LogP contribution in [0.5, 0.6) is 0 Å². The SMILES string of the molecule is CCOC(=O)C(CCCC(=O)SC)c1cc(-c2ccc(Cl)cc2)oc(=O)c1C#N. The van der Waals surface area contributed by atoms with Gasteiger partial charge in [0.2, 0.25) is 0 Å². The number of benzene rings is 1. The van der Waals surface area contributed by atoms with Gasteiger partial charge in [-0.05, 0) is 61.9 Å². The Kier molecular flexibility index (Phi) is 8.50. The van der Waals surface area contributed by atoms with Crippen molar-refractivity contribution in [2.45, 2.75) is 32.1 Å². The zero-order valence-electron chi connectivity index (χ0n) is 16.1. The minimum Gasteiger partial charge on any atom is -0.466 e. The van der Waals surface area contributed by atoms with Crippen molar-refractivity contribution in [3.8, 4) is 17.4 Å². The second-order valence-electron chi connectivity index (χ2n) is 6.12. The minimum atomic E-state index is -0.852. The van der Waals surface area contributed by atoms with Crippen molar-refractivity contribution in [2.24, 2.45) is 0 Å². The van der Waals surface area contributed by atoms with Crippen LogP contribution >= 0.6 is 23.4 Å². The molecule has 0 aliphatic heterocycles. The van der Waals surface area contributed by atoms with Gasteiger partial charge in [0.15, 0.2) is 5.12 Å². The van der Waals surface area contributed by atoms with Crippen molar-refractivity contribution < 1.29 is 18.7 Å². The molecule has 0 amide bonds. The summed E-state index contributed by atoms with van der Waals surface area (Å²) in [6, 6.07) is 9.98. The largest absolute Gasteiger partial charge is 0.466 e. The maximum absolute atomic E-state index is 12.6. The lowest BCUT2D eigenvalue weighted by Gasteiger charge is -2.17. The van der Waals surface area contributed by atoms with E-state index in [9.17, 15) is 19.6 Å². The Morgan fingerprint density at radius 1 is 1.31 bits per heavy atom. The lowest BCUT2D eigenvalue weighted by atomic mass is 9.90. The van der Waals surface area contributed by atoms with Crippen molar-refractivity contribution in [3.05, 3.63) is 56.9 Å². The van der Waals surface area contributed by atoms with E-state index in [1.165, 1.54) is 6.07 Å². The summed E-state index contributed by atoms with van der Waals surface area (Å²) in [4.78, 5) is 36.6.